The van der Waals surface area contributed by atoms with Gasteiger partial charge < -0.3 is 9.47 Å². The van der Waals surface area contributed by atoms with Crippen LogP contribution in [0.1, 0.15) is 12.8 Å². The smallest absolute Gasteiger partial charge is 0.209 e. The minimum Gasteiger partial charge on any atom is -0.375 e. The van der Waals surface area contributed by atoms with E-state index in [2.05, 4.69) is 0 Å². The van der Waals surface area contributed by atoms with Gasteiger partial charge in [0, 0.05) is 6.61 Å². The Morgan fingerprint density at radius 1 is 1.43 bits per heavy atom. The first-order valence-electron chi connectivity index (χ1n) is 4.71. The fourth-order valence-electron chi connectivity index (χ4n) is 2.13. The Morgan fingerprint density at radius 3 is 2.64 bits per heavy atom. The highest BCUT2D eigenvalue weighted by molar-refractivity contribution is 7.89. The van der Waals surface area contributed by atoms with Crippen molar-refractivity contribution in [3.05, 3.63) is 0 Å². The number of hydrogen-bond acceptors (Lipinski definition) is 4. The number of nitrogens with two attached hydrogens (primary N) is 1. The van der Waals surface area contributed by atoms with E-state index in [1.807, 2.05) is 0 Å². The van der Waals surface area contributed by atoms with Gasteiger partial charge in [0.2, 0.25) is 10.0 Å². The van der Waals surface area contributed by atoms with E-state index >= 15 is 0 Å². The summed E-state index contributed by atoms with van der Waals surface area (Å²) >= 11 is 0. The van der Waals surface area contributed by atoms with E-state index in [1.165, 1.54) is 0 Å². The number of hydrogen-bond donors (Lipinski definition) is 1. The van der Waals surface area contributed by atoms with Gasteiger partial charge >= 0.3 is 0 Å². The third-order valence-corrected chi connectivity index (χ3v) is 3.73. The maximum atomic E-state index is 10.9. The Morgan fingerprint density at radius 2 is 2.14 bits per heavy atom. The first kappa shape index (κ1) is 10.4. The quantitative estimate of drug-likeness (QED) is 0.680. The molecule has 1 spiro atoms. The first-order valence-corrected chi connectivity index (χ1v) is 6.43. The van der Waals surface area contributed by atoms with E-state index < -0.39 is 10.0 Å². The summed E-state index contributed by atoms with van der Waals surface area (Å²) in [5.41, 5.74) is -0.201. The van der Waals surface area contributed by atoms with Crippen LogP contribution in [0.25, 0.3) is 0 Å². The van der Waals surface area contributed by atoms with Crippen LogP contribution < -0.4 is 5.14 Å². The second-order valence-corrected chi connectivity index (χ2v) is 5.87. The third-order valence-electron chi connectivity index (χ3n) is 2.79. The molecule has 0 radical (unpaired) electrons. The van der Waals surface area contributed by atoms with Crippen LogP contribution in [0.3, 0.4) is 0 Å². The highest BCUT2D eigenvalue weighted by atomic mass is 32.2. The van der Waals surface area contributed by atoms with Crippen LogP contribution in [0.5, 0.6) is 0 Å². The number of sulfonamides is 1. The molecule has 5 nitrogen and oxygen atoms in total. The van der Waals surface area contributed by atoms with Gasteiger partial charge in [-0.1, -0.05) is 0 Å². The molecule has 0 aromatic heterocycles. The molecule has 2 saturated heterocycles. The fraction of sp³-hybridized carbons (Fsp3) is 1.00. The second-order valence-electron chi connectivity index (χ2n) is 4.21. The van der Waals surface area contributed by atoms with Crippen LogP contribution in [0.15, 0.2) is 0 Å². The second kappa shape index (κ2) is 3.44. The summed E-state index contributed by atoms with van der Waals surface area (Å²) in [7, 11) is -3.35. The summed E-state index contributed by atoms with van der Waals surface area (Å²) in [5.74, 6) is 0.195. The van der Waals surface area contributed by atoms with Gasteiger partial charge in [0.1, 0.15) is 5.60 Å². The molecule has 6 heteroatoms. The van der Waals surface area contributed by atoms with Crippen LogP contribution in [0, 0.1) is 5.92 Å². The molecule has 1 unspecified atom stereocenters. The highest BCUT2D eigenvalue weighted by Crippen LogP contribution is 2.35. The van der Waals surface area contributed by atoms with Gasteiger partial charge in [-0.2, -0.15) is 0 Å². The molecule has 82 valence electrons. The third kappa shape index (κ3) is 2.25. The zero-order valence-electron chi connectivity index (χ0n) is 7.94. The molecule has 2 rings (SSSR count). The van der Waals surface area contributed by atoms with Crippen molar-refractivity contribution in [1.29, 1.82) is 0 Å². The lowest BCUT2D eigenvalue weighted by Crippen LogP contribution is -2.56. The van der Waals surface area contributed by atoms with Gasteiger partial charge in [-0.05, 0) is 18.8 Å². The summed E-state index contributed by atoms with van der Waals surface area (Å²) in [6.07, 6.45) is 1.53. The monoisotopic (exact) mass is 221 g/mol. The molecule has 0 bridgehead atoms. The minimum absolute atomic E-state index is 0.0676. The number of primary sulfonamides is 1. The summed E-state index contributed by atoms with van der Waals surface area (Å²) in [4.78, 5) is 0. The molecular formula is C8H15NO4S. The van der Waals surface area contributed by atoms with Crippen molar-refractivity contribution in [2.24, 2.45) is 11.1 Å². The van der Waals surface area contributed by atoms with E-state index in [4.69, 9.17) is 14.6 Å². The van der Waals surface area contributed by atoms with Crippen molar-refractivity contribution in [1.82, 2.24) is 0 Å². The summed E-state index contributed by atoms with van der Waals surface area (Å²) in [6, 6.07) is 0. The molecule has 0 aliphatic carbocycles. The Bertz CT molecular complexity index is 309. The number of rotatable bonds is 2. The molecule has 14 heavy (non-hydrogen) atoms. The largest absolute Gasteiger partial charge is 0.375 e. The fourth-order valence-corrected chi connectivity index (χ4v) is 3.07. The van der Waals surface area contributed by atoms with E-state index in [1.54, 1.807) is 0 Å². The Kier molecular flexibility index (Phi) is 2.55. The van der Waals surface area contributed by atoms with E-state index in [9.17, 15) is 8.42 Å². The predicted molar refractivity (Wildman–Crippen MR) is 50.2 cm³/mol. The van der Waals surface area contributed by atoms with Crippen molar-refractivity contribution in [3.8, 4) is 0 Å². The Balaban J connectivity index is 1.94. The first-order chi connectivity index (χ1) is 6.49. The molecule has 0 saturated carbocycles. The van der Waals surface area contributed by atoms with Gasteiger partial charge in [0.25, 0.3) is 0 Å². The average Bonchev–Trinajstić information content (AvgIpc) is 1.99. The summed E-state index contributed by atoms with van der Waals surface area (Å²) < 4.78 is 32.5. The van der Waals surface area contributed by atoms with Gasteiger partial charge in [-0.15, -0.1) is 0 Å². The van der Waals surface area contributed by atoms with Crippen LogP contribution in [0.2, 0.25) is 0 Å². The summed E-state index contributed by atoms with van der Waals surface area (Å²) in [5, 5.41) is 5.01. The predicted octanol–water partition coefficient (Wildman–Crippen LogP) is -0.529. The van der Waals surface area contributed by atoms with Crippen LogP contribution in [-0.2, 0) is 19.5 Å². The lowest BCUT2D eigenvalue weighted by Gasteiger charge is -2.46. The van der Waals surface area contributed by atoms with Crippen LogP contribution in [-0.4, -0.2) is 39.6 Å². The van der Waals surface area contributed by atoms with Crippen LogP contribution >= 0.6 is 0 Å². The molecular weight excluding hydrogens is 206 g/mol. The highest BCUT2D eigenvalue weighted by Gasteiger charge is 2.44. The topological polar surface area (TPSA) is 78.6 Å². The maximum absolute atomic E-state index is 10.9. The zero-order valence-corrected chi connectivity index (χ0v) is 8.76. The van der Waals surface area contributed by atoms with Crippen molar-refractivity contribution in [2.75, 3.05) is 25.6 Å². The van der Waals surface area contributed by atoms with Gasteiger partial charge in [-0.3, -0.25) is 0 Å². The molecule has 1 atom stereocenters. The molecule has 0 aromatic carbocycles. The SMILES string of the molecule is NS(=O)(=O)CC1CCOC2(COC2)C1. The maximum Gasteiger partial charge on any atom is 0.209 e. The van der Waals surface area contributed by atoms with E-state index in [0.29, 0.717) is 19.8 Å². The van der Waals surface area contributed by atoms with E-state index in [0.717, 1.165) is 12.8 Å². The van der Waals surface area contributed by atoms with Crippen molar-refractivity contribution in [3.63, 3.8) is 0 Å². The lowest BCUT2D eigenvalue weighted by atomic mass is 9.85. The zero-order chi connectivity index (χ0) is 10.2. The lowest BCUT2D eigenvalue weighted by molar-refractivity contribution is -0.233. The van der Waals surface area contributed by atoms with E-state index in [-0.39, 0.29) is 17.3 Å². The minimum atomic E-state index is -3.35. The van der Waals surface area contributed by atoms with Crippen molar-refractivity contribution < 1.29 is 17.9 Å². The standard InChI is InChI=1S/C8H15NO4S/c9-14(10,11)4-7-1-2-13-8(3-7)5-12-6-8/h7H,1-6H2,(H2,9,10,11). The van der Waals surface area contributed by atoms with Crippen LogP contribution in [0.4, 0.5) is 0 Å². The molecule has 0 amide bonds. The van der Waals surface area contributed by atoms with Crippen molar-refractivity contribution >= 4 is 10.0 Å². The molecule has 2 heterocycles. The molecule has 2 fully saturated rings. The average molecular weight is 221 g/mol. The molecule has 2 N–H and O–H groups in total. The number of ether oxygens (including phenoxy) is 2. The normalized spacial score (nSPS) is 31.4. The van der Waals surface area contributed by atoms with Gasteiger partial charge in [0.15, 0.2) is 0 Å². The molecule has 2 aliphatic heterocycles. The van der Waals surface area contributed by atoms with Crippen molar-refractivity contribution in [2.45, 2.75) is 18.4 Å². The summed E-state index contributed by atoms with van der Waals surface area (Å²) in [6.45, 7) is 1.80. The Labute approximate surface area is 83.6 Å². The Hall–Kier alpha value is -0.170. The van der Waals surface area contributed by atoms with Gasteiger partial charge in [0.05, 0.1) is 19.0 Å². The molecule has 0 aromatic rings. The molecule has 2 aliphatic rings. The van der Waals surface area contributed by atoms with Gasteiger partial charge in [-0.25, -0.2) is 13.6 Å².